The third kappa shape index (κ3) is 2.99. The highest BCUT2D eigenvalue weighted by atomic mass is 16.2. The minimum Gasteiger partial charge on any atom is -0.295 e. The molecule has 0 aromatic carbocycles. The number of hydrogen-bond donors (Lipinski definition) is 2. The minimum absolute atomic E-state index is 0.0108. The molecule has 0 saturated heterocycles. The van der Waals surface area contributed by atoms with Gasteiger partial charge >= 0.3 is 0 Å². The molecule has 10 heteroatoms. The first-order valence-electron chi connectivity index (χ1n) is 8.14. The molecule has 2 aromatic heterocycles. The zero-order valence-electron chi connectivity index (χ0n) is 13.2. The first-order valence-corrected chi connectivity index (χ1v) is 8.14. The van der Waals surface area contributed by atoms with Crippen LogP contribution in [0.1, 0.15) is 37.3 Å². The summed E-state index contributed by atoms with van der Waals surface area (Å²) in [6.45, 7) is 1.17. The molecular formula is C14H18N8O2. The number of aryl methyl sites for hydroxylation is 4. The highest BCUT2D eigenvalue weighted by Crippen LogP contribution is 2.15. The number of unbranched alkanes of at least 4 members (excludes halogenated alkanes) is 1. The summed E-state index contributed by atoms with van der Waals surface area (Å²) in [7, 11) is 0. The third-order valence-electron chi connectivity index (χ3n) is 4.09. The molecule has 0 radical (unpaired) electrons. The fourth-order valence-corrected chi connectivity index (χ4v) is 2.84. The van der Waals surface area contributed by atoms with Crippen LogP contribution >= 0.6 is 0 Å². The number of aromatic nitrogens is 6. The van der Waals surface area contributed by atoms with E-state index in [1.54, 1.807) is 9.36 Å². The maximum absolute atomic E-state index is 11.3. The van der Waals surface area contributed by atoms with E-state index in [-0.39, 0.29) is 11.8 Å². The number of anilines is 2. The van der Waals surface area contributed by atoms with Gasteiger partial charge in [0.25, 0.3) is 0 Å². The van der Waals surface area contributed by atoms with Gasteiger partial charge in [0.05, 0.1) is 13.1 Å². The minimum atomic E-state index is -0.0108. The standard InChI is InChI=1S/C14H18N8O2/c23-11-5-7-21-13(17-11)15-9(19-21)3-1-2-4-10-16-14-18-12(24)6-8-22(14)20-10/h1-8H2,(H,15,17,19,23)(H,16,18,20,24). The molecule has 0 fully saturated rings. The molecule has 0 spiro atoms. The first kappa shape index (κ1) is 14.8. The normalized spacial score (nSPS) is 16.3. The summed E-state index contributed by atoms with van der Waals surface area (Å²) in [4.78, 5) is 31.3. The Kier molecular flexibility index (Phi) is 3.71. The lowest BCUT2D eigenvalue weighted by Gasteiger charge is -2.11. The molecule has 4 heterocycles. The Labute approximate surface area is 137 Å². The quantitative estimate of drug-likeness (QED) is 0.751. The van der Waals surface area contributed by atoms with Crippen LogP contribution in [0.2, 0.25) is 0 Å². The Morgan fingerprint density at radius 3 is 1.71 bits per heavy atom. The maximum atomic E-state index is 11.3. The number of hydrogen-bond acceptors (Lipinski definition) is 6. The molecule has 2 aliphatic heterocycles. The van der Waals surface area contributed by atoms with Gasteiger partial charge in [-0.15, -0.1) is 0 Å². The van der Waals surface area contributed by atoms with Crippen LogP contribution in [0.3, 0.4) is 0 Å². The van der Waals surface area contributed by atoms with Crippen LogP contribution < -0.4 is 10.6 Å². The van der Waals surface area contributed by atoms with Crippen LogP contribution in [0.4, 0.5) is 11.9 Å². The van der Waals surface area contributed by atoms with E-state index in [9.17, 15) is 9.59 Å². The van der Waals surface area contributed by atoms with Crippen molar-refractivity contribution in [2.45, 2.75) is 51.6 Å². The smallest absolute Gasteiger partial charge is 0.228 e. The molecule has 2 aromatic rings. The fourth-order valence-electron chi connectivity index (χ4n) is 2.84. The second-order valence-electron chi connectivity index (χ2n) is 5.95. The average Bonchev–Trinajstić information content (AvgIpc) is 3.13. The van der Waals surface area contributed by atoms with Crippen LogP contribution in [-0.4, -0.2) is 41.3 Å². The van der Waals surface area contributed by atoms with Crippen molar-refractivity contribution in [3.8, 4) is 0 Å². The second kappa shape index (κ2) is 6.02. The number of nitrogens with one attached hydrogen (secondary N) is 2. The summed E-state index contributed by atoms with van der Waals surface area (Å²) in [5, 5.41) is 14.2. The maximum Gasteiger partial charge on any atom is 0.228 e. The predicted octanol–water partition coefficient (Wildman–Crippen LogP) is 0.119. The van der Waals surface area contributed by atoms with Crippen molar-refractivity contribution in [3.05, 3.63) is 11.6 Å². The largest absolute Gasteiger partial charge is 0.295 e. The molecule has 0 saturated carbocycles. The van der Waals surface area contributed by atoms with Crippen molar-refractivity contribution in [1.82, 2.24) is 29.5 Å². The summed E-state index contributed by atoms with van der Waals surface area (Å²) in [6.07, 6.45) is 4.22. The summed E-state index contributed by atoms with van der Waals surface area (Å²) < 4.78 is 3.48. The molecule has 10 nitrogen and oxygen atoms in total. The van der Waals surface area contributed by atoms with Crippen LogP contribution in [-0.2, 0) is 35.5 Å². The molecule has 0 atom stereocenters. The molecule has 0 bridgehead atoms. The van der Waals surface area contributed by atoms with Gasteiger partial charge in [-0.05, 0) is 12.8 Å². The van der Waals surface area contributed by atoms with Gasteiger partial charge in [-0.2, -0.15) is 20.2 Å². The fraction of sp³-hybridized carbons (Fsp3) is 0.571. The zero-order valence-corrected chi connectivity index (χ0v) is 13.2. The SMILES string of the molecule is O=C1CCn2nc(CCCCc3nc4n(n3)CCC(=O)N4)nc2N1. The van der Waals surface area contributed by atoms with E-state index in [2.05, 4.69) is 30.8 Å². The summed E-state index contributed by atoms with van der Waals surface area (Å²) in [5.74, 6) is 2.56. The highest BCUT2D eigenvalue weighted by Gasteiger charge is 2.19. The molecule has 0 aliphatic carbocycles. The predicted molar refractivity (Wildman–Crippen MR) is 83.2 cm³/mol. The van der Waals surface area contributed by atoms with Gasteiger partial charge in [-0.1, -0.05) is 0 Å². The summed E-state index contributed by atoms with van der Waals surface area (Å²) in [6, 6.07) is 0. The van der Waals surface area contributed by atoms with E-state index in [0.717, 1.165) is 37.3 Å². The molecule has 4 rings (SSSR count). The number of carbonyl (C=O) groups excluding carboxylic acids is 2. The van der Waals surface area contributed by atoms with E-state index in [0.29, 0.717) is 37.8 Å². The zero-order chi connectivity index (χ0) is 16.5. The number of nitrogens with zero attached hydrogens (tertiary/aromatic N) is 6. The Morgan fingerprint density at radius 2 is 1.25 bits per heavy atom. The Morgan fingerprint density at radius 1 is 0.792 bits per heavy atom. The van der Waals surface area contributed by atoms with Crippen molar-refractivity contribution >= 4 is 23.7 Å². The molecule has 2 aliphatic rings. The van der Waals surface area contributed by atoms with Gasteiger partial charge in [-0.3, -0.25) is 20.2 Å². The third-order valence-corrected chi connectivity index (χ3v) is 4.09. The molecule has 24 heavy (non-hydrogen) atoms. The molecule has 0 unspecified atom stereocenters. The van der Waals surface area contributed by atoms with Gasteiger partial charge in [0.1, 0.15) is 0 Å². The van der Waals surface area contributed by atoms with E-state index in [4.69, 9.17) is 0 Å². The first-order chi connectivity index (χ1) is 11.7. The number of amides is 2. The Hall–Kier alpha value is -2.78. The molecule has 126 valence electrons. The molecular weight excluding hydrogens is 312 g/mol. The van der Waals surface area contributed by atoms with E-state index in [1.807, 2.05) is 0 Å². The van der Waals surface area contributed by atoms with E-state index < -0.39 is 0 Å². The lowest BCUT2D eigenvalue weighted by molar-refractivity contribution is -0.117. The van der Waals surface area contributed by atoms with Crippen LogP contribution in [0.5, 0.6) is 0 Å². The van der Waals surface area contributed by atoms with Crippen LogP contribution in [0, 0.1) is 0 Å². The Bertz CT molecular complexity index is 727. The van der Waals surface area contributed by atoms with Crippen LogP contribution in [0.25, 0.3) is 0 Å². The lowest BCUT2D eigenvalue weighted by atomic mass is 10.2. The van der Waals surface area contributed by atoms with Crippen molar-refractivity contribution in [2.24, 2.45) is 0 Å². The van der Waals surface area contributed by atoms with Crippen molar-refractivity contribution in [3.63, 3.8) is 0 Å². The average molecular weight is 330 g/mol. The van der Waals surface area contributed by atoms with Crippen molar-refractivity contribution in [2.75, 3.05) is 10.6 Å². The molecule has 2 amide bonds. The second-order valence-corrected chi connectivity index (χ2v) is 5.95. The van der Waals surface area contributed by atoms with Gasteiger partial charge in [-0.25, -0.2) is 9.36 Å². The number of fused-ring (bicyclic) bond motifs is 2. The van der Waals surface area contributed by atoms with Gasteiger partial charge in [0, 0.05) is 25.7 Å². The van der Waals surface area contributed by atoms with Crippen LogP contribution in [0.15, 0.2) is 0 Å². The van der Waals surface area contributed by atoms with Gasteiger partial charge in [0.15, 0.2) is 11.6 Å². The highest BCUT2D eigenvalue weighted by molar-refractivity contribution is 5.90. The van der Waals surface area contributed by atoms with E-state index in [1.165, 1.54) is 0 Å². The van der Waals surface area contributed by atoms with E-state index >= 15 is 0 Å². The Balaban J connectivity index is 1.28. The monoisotopic (exact) mass is 330 g/mol. The summed E-state index contributed by atoms with van der Waals surface area (Å²) in [5.41, 5.74) is 0. The van der Waals surface area contributed by atoms with Gasteiger partial charge < -0.3 is 0 Å². The summed E-state index contributed by atoms with van der Waals surface area (Å²) >= 11 is 0. The van der Waals surface area contributed by atoms with Crippen molar-refractivity contribution in [1.29, 1.82) is 0 Å². The topological polar surface area (TPSA) is 120 Å². The lowest BCUT2D eigenvalue weighted by Crippen LogP contribution is -2.23. The van der Waals surface area contributed by atoms with Crippen molar-refractivity contribution < 1.29 is 9.59 Å². The number of rotatable bonds is 5. The van der Waals surface area contributed by atoms with Gasteiger partial charge in [0.2, 0.25) is 23.7 Å². The molecule has 2 N–H and O–H groups in total. The number of carbonyl (C=O) groups is 2.